The molecular formula is C27H25ClN4O3. The number of fused-ring (bicyclic) bond motifs is 2. The first kappa shape index (κ1) is 22.9. The van der Waals surface area contributed by atoms with Crippen molar-refractivity contribution in [3.63, 3.8) is 0 Å². The maximum absolute atomic E-state index is 13.4. The SMILES string of the molecule is O=C(COc1ccc(Cl)cc1)NCc1nc2ccccc2n1CC(=O)N1CCCc2ccccc21. The fourth-order valence-electron chi connectivity index (χ4n) is 4.36. The van der Waals surface area contributed by atoms with Crippen LogP contribution in [0, 0.1) is 0 Å². The van der Waals surface area contributed by atoms with Crippen molar-refractivity contribution in [1.82, 2.24) is 14.9 Å². The minimum absolute atomic E-state index is 0.000971. The number of amides is 2. The fraction of sp³-hybridized carbons (Fsp3) is 0.222. The molecule has 0 spiro atoms. The molecule has 5 rings (SSSR count). The summed E-state index contributed by atoms with van der Waals surface area (Å²) in [4.78, 5) is 32.4. The summed E-state index contributed by atoms with van der Waals surface area (Å²) in [7, 11) is 0. The number of aryl methyl sites for hydroxylation is 1. The zero-order valence-corrected chi connectivity index (χ0v) is 19.9. The number of carbonyl (C=O) groups is 2. The van der Waals surface area contributed by atoms with Gasteiger partial charge in [-0.25, -0.2) is 4.98 Å². The lowest BCUT2D eigenvalue weighted by molar-refractivity contribution is -0.123. The molecule has 2 amide bonds. The molecule has 3 aromatic carbocycles. The third-order valence-corrected chi connectivity index (χ3v) is 6.32. The Labute approximate surface area is 208 Å². The molecule has 1 aliphatic heterocycles. The highest BCUT2D eigenvalue weighted by Crippen LogP contribution is 2.27. The molecule has 8 heteroatoms. The van der Waals surface area contributed by atoms with Crippen LogP contribution in [0.5, 0.6) is 5.75 Å². The van der Waals surface area contributed by atoms with Gasteiger partial charge in [-0.3, -0.25) is 9.59 Å². The Morgan fingerprint density at radius 2 is 1.77 bits per heavy atom. The van der Waals surface area contributed by atoms with Crippen molar-refractivity contribution in [2.24, 2.45) is 0 Å². The van der Waals surface area contributed by atoms with E-state index in [1.54, 1.807) is 24.3 Å². The number of hydrogen-bond acceptors (Lipinski definition) is 4. The van der Waals surface area contributed by atoms with E-state index in [0.29, 0.717) is 23.1 Å². The molecule has 0 radical (unpaired) electrons. The van der Waals surface area contributed by atoms with Gasteiger partial charge < -0.3 is 19.5 Å². The van der Waals surface area contributed by atoms with Crippen LogP contribution in [0.25, 0.3) is 11.0 Å². The van der Waals surface area contributed by atoms with Gasteiger partial charge in [-0.15, -0.1) is 0 Å². The van der Waals surface area contributed by atoms with Crippen LogP contribution in [0.3, 0.4) is 0 Å². The number of imidazole rings is 1. The third-order valence-electron chi connectivity index (χ3n) is 6.07. The Morgan fingerprint density at radius 3 is 2.63 bits per heavy atom. The molecule has 35 heavy (non-hydrogen) atoms. The summed E-state index contributed by atoms with van der Waals surface area (Å²) in [6, 6.07) is 22.5. The van der Waals surface area contributed by atoms with Crippen LogP contribution in [0.4, 0.5) is 5.69 Å². The second-order valence-corrected chi connectivity index (χ2v) is 8.84. The summed E-state index contributed by atoms with van der Waals surface area (Å²) in [6.45, 7) is 0.880. The number of ether oxygens (including phenoxy) is 1. The lowest BCUT2D eigenvalue weighted by Crippen LogP contribution is -2.38. The Balaban J connectivity index is 1.30. The third kappa shape index (κ3) is 5.15. The van der Waals surface area contributed by atoms with Crippen LogP contribution in [0.15, 0.2) is 72.8 Å². The molecule has 0 saturated heterocycles. The van der Waals surface area contributed by atoms with Gasteiger partial charge in [0.25, 0.3) is 5.91 Å². The van der Waals surface area contributed by atoms with Crippen LogP contribution in [-0.4, -0.2) is 34.5 Å². The van der Waals surface area contributed by atoms with Gasteiger partial charge in [0.1, 0.15) is 18.1 Å². The quantitative estimate of drug-likeness (QED) is 0.419. The summed E-state index contributed by atoms with van der Waals surface area (Å²) in [5.74, 6) is 0.891. The van der Waals surface area contributed by atoms with Crippen LogP contribution in [0.2, 0.25) is 5.02 Å². The maximum atomic E-state index is 13.4. The highest BCUT2D eigenvalue weighted by atomic mass is 35.5. The number of benzene rings is 3. The Morgan fingerprint density at radius 1 is 1.00 bits per heavy atom. The van der Waals surface area contributed by atoms with Gasteiger partial charge >= 0.3 is 0 Å². The average molecular weight is 489 g/mol. The predicted octanol–water partition coefficient (Wildman–Crippen LogP) is 4.36. The molecule has 7 nitrogen and oxygen atoms in total. The van der Waals surface area contributed by atoms with E-state index in [9.17, 15) is 9.59 Å². The number of nitrogens with one attached hydrogen (secondary N) is 1. The van der Waals surface area contributed by atoms with E-state index < -0.39 is 0 Å². The summed E-state index contributed by atoms with van der Waals surface area (Å²) < 4.78 is 7.40. The van der Waals surface area contributed by atoms with Gasteiger partial charge in [0.15, 0.2) is 6.61 Å². The van der Waals surface area contributed by atoms with E-state index in [1.165, 1.54) is 5.56 Å². The summed E-state index contributed by atoms with van der Waals surface area (Å²) in [5, 5.41) is 3.45. The van der Waals surface area contributed by atoms with Crippen LogP contribution in [0.1, 0.15) is 17.8 Å². The van der Waals surface area contributed by atoms with Crippen molar-refractivity contribution in [3.8, 4) is 5.75 Å². The van der Waals surface area contributed by atoms with Crippen LogP contribution in [-0.2, 0) is 29.1 Å². The maximum Gasteiger partial charge on any atom is 0.258 e. The molecule has 0 unspecified atom stereocenters. The highest BCUT2D eigenvalue weighted by Gasteiger charge is 2.24. The Hall–Kier alpha value is -3.84. The highest BCUT2D eigenvalue weighted by molar-refractivity contribution is 6.30. The number of rotatable bonds is 7. The van der Waals surface area contributed by atoms with Gasteiger partial charge in [-0.2, -0.15) is 0 Å². The molecule has 1 N–H and O–H groups in total. The topological polar surface area (TPSA) is 76.5 Å². The number of anilines is 1. The van der Waals surface area contributed by atoms with E-state index in [2.05, 4.69) is 16.4 Å². The number of carbonyl (C=O) groups excluding carboxylic acids is 2. The van der Waals surface area contributed by atoms with Crippen molar-refractivity contribution in [2.45, 2.75) is 25.9 Å². The van der Waals surface area contributed by atoms with Gasteiger partial charge in [-0.1, -0.05) is 41.9 Å². The number of hydrogen-bond donors (Lipinski definition) is 1. The number of halogens is 1. The minimum Gasteiger partial charge on any atom is -0.484 e. The van der Waals surface area contributed by atoms with Gasteiger partial charge in [-0.05, 0) is 60.9 Å². The lowest BCUT2D eigenvalue weighted by atomic mass is 10.0. The first-order valence-corrected chi connectivity index (χ1v) is 11.9. The van der Waals surface area contributed by atoms with E-state index in [1.807, 2.05) is 51.9 Å². The van der Waals surface area contributed by atoms with Crippen molar-refractivity contribution in [2.75, 3.05) is 18.1 Å². The number of nitrogens with zero attached hydrogens (tertiary/aromatic N) is 3. The van der Waals surface area contributed by atoms with Crippen molar-refractivity contribution >= 4 is 40.1 Å². The van der Waals surface area contributed by atoms with Crippen LogP contribution < -0.4 is 15.0 Å². The molecule has 0 atom stereocenters. The van der Waals surface area contributed by atoms with Gasteiger partial charge in [0.05, 0.1) is 17.6 Å². The molecule has 178 valence electrons. The monoisotopic (exact) mass is 488 g/mol. The van der Waals surface area contributed by atoms with E-state index in [0.717, 1.165) is 29.6 Å². The number of aromatic nitrogens is 2. The van der Waals surface area contributed by atoms with Gasteiger partial charge in [0.2, 0.25) is 5.91 Å². The Kier molecular flexibility index (Phi) is 6.68. The molecule has 2 heterocycles. The minimum atomic E-state index is -0.283. The zero-order valence-electron chi connectivity index (χ0n) is 19.1. The Bertz CT molecular complexity index is 1370. The van der Waals surface area contributed by atoms with Crippen molar-refractivity contribution in [1.29, 1.82) is 0 Å². The average Bonchev–Trinajstić information content (AvgIpc) is 3.24. The van der Waals surface area contributed by atoms with E-state index in [-0.39, 0.29) is 31.5 Å². The molecule has 0 fully saturated rings. The summed E-state index contributed by atoms with van der Waals surface area (Å²) >= 11 is 5.88. The normalized spacial score (nSPS) is 12.9. The zero-order chi connectivity index (χ0) is 24.2. The second-order valence-electron chi connectivity index (χ2n) is 8.40. The predicted molar refractivity (Wildman–Crippen MR) is 136 cm³/mol. The second kappa shape index (κ2) is 10.2. The van der Waals surface area contributed by atoms with Gasteiger partial charge in [0, 0.05) is 17.3 Å². The lowest BCUT2D eigenvalue weighted by Gasteiger charge is -2.29. The summed E-state index contributed by atoms with van der Waals surface area (Å²) in [6.07, 6.45) is 1.91. The van der Waals surface area contributed by atoms with E-state index in [4.69, 9.17) is 16.3 Å². The molecule has 4 aromatic rings. The molecule has 0 bridgehead atoms. The largest absolute Gasteiger partial charge is 0.484 e. The smallest absolute Gasteiger partial charge is 0.258 e. The van der Waals surface area contributed by atoms with Crippen molar-refractivity contribution < 1.29 is 14.3 Å². The number of para-hydroxylation sites is 3. The van der Waals surface area contributed by atoms with Crippen molar-refractivity contribution in [3.05, 3.63) is 89.2 Å². The fourth-order valence-corrected chi connectivity index (χ4v) is 4.48. The molecule has 0 aliphatic carbocycles. The molecule has 0 saturated carbocycles. The summed E-state index contributed by atoms with van der Waals surface area (Å²) in [5.41, 5.74) is 3.80. The van der Waals surface area contributed by atoms with Crippen LogP contribution >= 0.6 is 11.6 Å². The first-order valence-electron chi connectivity index (χ1n) is 11.6. The first-order chi connectivity index (χ1) is 17.1. The molecule has 1 aromatic heterocycles. The standard InChI is InChI=1S/C27H25ClN4O3/c28-20-11-13-21(14-12-20)35-18-26(33)29-16-25-30-22-8-2-4-10-24(22)32(25)17-27(34)31-15-5-7-19-6-1-3-9-23(19)31/h1-4,6,8-14H,5,7,15-18H2,(H,29,33). The molecular weight excluding hydrogens is 464 g/mol. The van der Waals surface area contributed by atoms with E-state index >= 15 is 0 Å². The molecule has 1 aliphatic rings.